The fourth-order valence-electron chi connectivity index (χ4n) is 2.81. The molecule has 0 saturated heterocycles. The van der Waals surface area contributed by atoms with E-state index in [0.717, 1.165) is 16.8 Å². The first-order valence-corrected chi connectivity index (χ1v) is 8.95. The summed E-state index contributed by atoms with van der Waals surface area (Å²) in [6, 6.07) is 13.0. The van der Waals surface area contributed by atoms with Crippen LogP contribution in [0.5, 0.6) is 11.5 Å². The highest BCUT2D eigenvalue weighted by atomic mass is 35.5. The number of ether oxygens (including phenoxy) is 2. The molecule has 1 aliphatic heterocycles. The Labute approximate surface area is 163 Å². The Morgan fingerprint density at radius 1 is 1.19 bits per heavy atom. The van der Waals surface area contributed by atoms with Crippen LogP contribution in [0.1, 0.15) is 17.5 Å². The van der Waals surface area contributed by atoms with Gasteiger partial charge >= 0.3 is 0 Å². The molecule has 2 aromatic carbocycles. The Bertz CT molecular complexity index is 836. The van der Waals surface area contributed by atoms with Crippen LogP contribution in [0.4, 0.5) is 0 Å². The fraction of sp³-hybridized carbons (Fsp3) is 0.300. The number of carbonyl (C=O) groups excluding carboxylic acids is 1. The van der Waals surface area contributed by atoms with Crippen molar-refractivity contribution in [1.29, 1.82) is 0 Å². The third-order valence-corrected chi connectivity index (χ3v) is 4.55. The predicted octanol–water partition coefficient (Wildman–Crippen LogP) is 3.21. The summed E-state index contributed by atoms with van der Waals surface area (Å²) in [6.45, 7) is 0.491. The molecule has 1 unspecified atom stereocenters. The molecule has 1 amide bonds. The first-order valence-electron chi connectivity index (χ1n) is 8.58. The van der Waals surface area contributed by atoms with E-state index in [9.17, 15) is 4.79 Å². The second-order valence-corrected chi connectivity index (χ2v) is 6.51. The second-order valence-electron chi connectivity index (χ2n) is 6.07. The minimum atomic E-state index is -0.610. The Balaban J connectivity index is 1.48. The minimum Gasteiger partial charge on any atom is -0.493 e. The molecule has 1 aliphatic rings. The third kappa shape index (κ3) is 4.71. The van der Waals surface area contributed by atoms with Crippen molar-refractivity contribution in [3.63, 3.8) is 0 Å². The number of hydrogen-bond donors (Lipinski definition) is 1. The molecule has 0 fully saturated rings. The zero-order valence-electron chi connectivity index (χ0n) is 15.2. The van der Waals surface area contributed by atoms with Crippen LogP contribution in [0.15, 0.2) is 47.6 Å². The number of benzene rings is 2. The zero-order chi connectivity index (χ0) is 19.2. The number of rotatable bonds is 7. The van der Waals surface area contributed by atoms with Gasteiger partial charge in [-0.2, -0.15) is 0 Å². The molecule has 27 heavy (non-hydrogen) atoms. The zero-order valence-corrected chi connectivity index (χ0v) is 16.0. The van der Waals surface area contributed by atoms with E-state index in [-0.39, 0.29) is 5.91 Å². The van der Waals surface area contributed by atoms with Crippen molar-refractivity contribution in [2.45, 2.75) is 18.9 Å². The van der Waals surface area contributed by atoms with Crippen LogP contribution in [-0.4, -0.2) is 38.5 Å². The number of carbonyl (C=O) groups is 1. The molecule has 1 N–H and O–H groups in total. The van der Waals surface area contributed by atoms with Crippen LogP contribution in [0.2, 0.25) is 5.02 Å². The molecule has 0 aliphatic carbocycles. The van der Waals surface area contributed by atoms with E-state index < -0.39 is 6.10 Å². The Kier molecular flexibility index (Phi) is 6.19. The van der Waals surface area contributed by atoms with Crippen LogP contribution in [0.3, 0.4) is 0 Å². The second kappa shape index (κ2) is 8.77. The van der Waals surface area contributed by atoms with Crippen LogP contribution < -0.4 is 14.8 Å². The summed E-state index contributed by atoms with van der Waals surface area (Å²) in [6.07, 6.45) is 0.495. The van der Waals surface area contributed by atoms with Crippen LogP contribution >= 0.6 is 11.6 Å². The maximum atomic E-state index is 12.3. The Morgan fingerprint density at radius 2 is 1.93 bits per heavy atom. The van der Waals surface area contributed by atoms with Gasteiger partial charge in [-0.05, 0) is 41.8 Å². The molecule has 0 saturated carbocycles. The molecule has 3 rings (SSSR count). The standard InChI is InChI=1S/C20H21ClN2O4/c1-25-17-8-3-13(11-18(17)26-2)9-10-22-20(24)19-12-16(23-27-19)14-4-6-15(21)7-5-14/h3-8,11,19H,9-10,12H2,1-2H3,(H,22,24). The monoisotopic (exact) mass is 388 g/mol. The smallest absolute Gasteiger partial charge is 0.264 e. The first kappa shape index (κ1) is 19.0. The minimum absolute atomic E-state index is 0.178. The van der Waals surface area contributed by atoms with Gasteiger partial charge in [-0.15, -0.1) is 0 Å². The molecule has 0 radical (unpaired) electrons. The average Bonchev–Trinajstić information content (AvgIpc) is 3.18. The number of nitrogens with one attached hydrogen (secondary N) is 1. The fourth-order valence-corrected chi connectivity index (χ4v) is 2.94. The van der Waals surface area contributed by atoms with Crippen molar-refractivity contribution in [2.75, 3.05) is 20.8 Å². The van der Waals surface area contributed by atoms with Crippen molar-refractivity contribution in [1.82, 2.24) is 5.32 Å². The highest BCUT2D eigenvalue weighted by Gasteiger charge is 2.28. The van der Waals surface area contributed by atoms with Gasteiger partial charge in [0.05, 0.1) is 19.9 Å². The molecule has 1 atom stereocenters. The van der Waals surface area contributed by atoms with Crippen LogP contribution in [0, 0.1) is 0 Å². The quantitative estimate of drug-likeness (QED) is 0.790. The molecule has 1 heterocycles. The lowest BCUT2D eigenvalue weighted by Gasteiger charge is -2.11. The summed E-state index contributed by atoms with van der Waals surface area (Å²) in [5.41, 5.74) is 2.69. The number of nitrogens with zero attached hydrogens (tertiary/aromatic N) is 1. The molecule has 2 aromatic rings. The van der Waals surface area contributed by atoms with Gasteiger partial charge in [-0.3, -0.25) is 4.79 Å². The summed E-state index contributed by atoms with van der Waals surface area (Å²) in [5.74, 6) is 1.17. The van der Waals surface area contributed by atoms with E-state index in [4.69, 9.17) is 25.9 Å². The summed E-state index contributed by atoms with van der Waals surface area (Å²) < 4.78 is 10.5. The number of halogens is 1. The van der Waals surface area contributed by atoms with Crippen molar-refractivity contribution >= 4 is 23.2 Å². The molecule has 0 aromatic heterocycles. The van der Waals surface area contributed by atoms with Crippen molar-refractivity contribution in [2.24, 2.45) is 5.16 Å². The van der Waals surface area contributed by atoms with Crippen LogP contribution in [0.25, 0.3) is 0 Å². The summed E-state index contributed by atoms with van der Waals surface area (Å²) in [7, 11) is 3.19. The summed E-state index contributed by atoms with van der Waals surface area (Å²) >= 11 is 5.89. The lowest BCUT2D eigenvalue weighted by Crippen LogP contribution is -2.36. The Morgan fingerprint density at radius 3 is 2.63 bits per heavy atom. The SMILES string of the molecule is COc1ccc(CCNC(=O)C2CC(c3ccc(Cl)cc3)=NO2)cc1OC. The van der Waals surface area contributed by atoms with Crippen molar-refractivity contribution in [3.05, 3.63) is 58.6 Å². The van der Waals surface area contributed by atoms with E-state index in [0.29, 0.717) is 35.9 Å². The van der Waals surface area contributed by atoms with Crippen LogP contribution in [-0.2, 0) is 16.1 Å². The van der Waals surface area contributed by atoms with E-state index in [1.54, 1.807) is 26.4 Å². The molecular formula is C20H21ClN2O4. The largest absolute Gasteiger partial charge is 0.493 e. The van der Waals surface area contributed by atoms with Gasteiger partial charge in [-0.25, -0.2) is 0 Å². The number of oxime groups is 1. The highest BCUT2D eigenvalue weighted by molar-refractivity contribution is 6.30. The molecule has 142 valence electrons. The Hall–Kier alpha value is -2.73. The van der Waals surface area contributed by atoms with E-state index >= 15 is 0 Å². The van der Waals surface area contributed by atoms with Gasteiger partial charge in [0.1, 0.15) is 0 Å². The topological polar surface area (TPSA) is 69.2 Å². The lowest BCUT2D eigenvalue weighted by atomic mass is 10.0. The average molecular weight is 389 g/mol. The molecular weight excluding hydrogens is 368 g/mol. The molecule has 0 bridgehead atoms. The van der Waals surface area contributed by atoms with E-state index in [1.807, 2.05) is 30.3 Å². The van der Waals surface area contributed by atoms with Crippen molar-refractivity contribution in [3.8, 4) is 11.5 Å². The predicted molar refractivity (Wildman–Crippen MR) is 104 cm³/mol. The normalized spacial score (nSPS) is 15.7. The molecule has 6 nitrogen and oxygen atoms in total. The summed E-state index contributed by atoms with van der Waals surface area (Å²) in [4.78, 5) is 17.6. The summed E-state index contributed by atoms with van der Waals surface area (Å²) in [5, 5.41) is 7.57. The number of amides is 1. The van der Waals surface area contributed by atoms with Gasteiger partial charge < -0.3 is 19.6 Å². The maximum absolute atomic E-state index is 12.3. The van der Waals surface area contributed by atoms with E-state index in [2.05, 4.69) is 10.5 Å². The maximum Gasteiger partial charge on any atom is 0.264 e. The van der Waals surface area contributed by atoms with Gasteiger partial charge in [0.15, 0.2) is 11.5 Å². The van der Waals surface area contributed by atoms with Gasteiger partial charge in [0.2, 0.25) is 6.10 Å². The van der Waals surface area contributed by atoms with Gasteiger partial charge in [0, 0.05) is 18.0 Å². The molecule has 0 spiro atoms. The van der Waals surface area contributed by atoms with Gasteiger partial charge in [-0.1, -0.05) is 35.0 Å². The van der Waals surface area contributed by atoms with E-state index in [1.165, 1.54) is 0 Å². The van der Waals surface area contributed by atoms with Crippen molar-refractivity contribution < 1.29 is 19.1 Å². The lowest BCUT2D eigenvalue weighted by molar-refractivity contribution is -0.131. The number of methoxy groups -OCH3 is 2. The number of hydrogen-bond acceptors (Lipinski definition) is 5. The first-order chi connectivity index (χ1) is 13.1. The third-order valence-electron chi connectivity index (χ3n) is 4.30. The highest BCUT2D eigenvalue weighted by Crippen LogP contribution is 2.27. The molecule has 7 heteroatoms. The van der Waals surface area contributed by atoms with Gasteiger partial charge in [0.25, 0.3) is 5.91 Å².